The Bertz CT molecular complexity index is 490. The Labute approximate surface area is 103 Å². The van der Waals surface area contributed by atoms with Gasteiger partial charge in [0.15, 0.2) is 9.84 Å². The summed E-state index contributed by atoms with van der Waals surface area (Å²) < 4.78 is 23.5. The summed E-state index contributed by atoms with van der Waals surface area (Å²) >= 11 is 11.4. The van der Waals surface area contributed by atoms with Gasteiger partial charge in [0.2, 0.25) is 0 Å². The van der Waals surface area contributed by atoms with Crippen LogP contribution in [0.15, 0.2) is 23.1 Å². The van der Waals surface area contributed by atoms with E-state index in [-0.39, 0.29) is 14.9 Å². The summed E-state index contributed by atoms with van der Waals surface area (Å²) in [5, 5.41) is 8.43. The average molecular weight is 283 g/mol. The third-order valence-electron chi connectivity index (χ3n) is 1.81. The van der Waals surface area contributed by atoms with Gasteiger partial charge in [-0.1, -0.05) is 29.3 Å². The number of benzene rings is 1. The molecule has 0 atom stereocenters. The first-order valence-electron chi connectivity index (χ1n) is 4.23. The van der Waals surface area contributed by atoms with Crippen molar-refractivity contribution in [3.8, 4) is 0 Å². The molecule has 1 rings (SSSR count). The molecule has 1 aromatic carbocycles. The fraction of sp³-hybridized carbons (Fsp3) is 0.222. The van der Waals surface area contributed by atoms with E-state index in [1.807, 2.05) is 0 Å². The highest BCUT2D eigenvalue weighted by Crippen LogP contribution is 2.29. The van der Waals surface area contributed by atoms with Crippen LogP contribution in [0.1, 0.15) is 6.42 Å². The Morgan fingerprint density at radius 2 is 1.75 bits per heavy atom. The third kappa shape index (κ3) is 3.10. The molecule has 0 radical (unpaired) electrons. The standard InChI is InChI=1S/C9H8Cl2O4S/c10-6-2-1-3-7(11)9(6)16(14,15)5-4-8(12)13/h1-3H,4-5H2,(H,12,13). The quantitative estimate of drug-likeness (QED) is 0.919. The zero-order chi connectivity index (χ0) is 12.3. The SMILES string of the molecule is O=C(O)CCS(=O)(=O)c1c(Cl)cccc1Cl. The van der Waals surface area contributed by atoms with Crippen molar-refractivity contribution in [2.75, 3.05) is 5.75 Å². The molecule has 88 valence electrons. The van der Waals surface area contributed by atoms with E-state index >= 15 is 0 Å². The van der Waals surface area contributed by atoms with Crippen molar-refractivity contribution in [3.05, 3.63) is 28.2 Å². The maximum Gasteiger partial charge on any atom is 0.304 e. The van der Waals surface area contributed by atoms with Gasteiger partial charge in [0.1, 0.15) is 4.90 Å². The minimum atomic E-state index is -3.76. The number of carboxylic acids is 1. The Kier molecular flexibility index (Phi) is 4.18. The molecule has 0 saturated heterocycles. The normalized spacial score (nSPS) is 11.4. The van der Waals surface area contributed by atoms with Crippen LogP contribution in [0.3, 0.4) is 0 Å². The smallest absolute Gasteiger partial charge is 0.304 e. The van der Waals surface area contributed by atoms with Crippen LogP contribution >= 0.6 is 23.2 Å². The van der Waals surface area contributed by atoms with E-state index in [9.17, 15) is 13.2 Å². The number of halogens is 2. The van der Waals surface area contributed by atoms with Crippen molar-refractivity contribution < 1.29 is 18.3 Å². The number of sulfone groups is 1. The number of aliphatic carboxylic acids is 1. The van der Waals surface area contributed by atoms with Crippen LogP contribution < -0.4 is 0 Å². The first-order valence-corrected chi connectivity index (χ1v) is 6.64. The van der Waals surface area contributed by atoms with Gasteiger partial charge in [-0.2, -0.15) is 0 Å². The summed E-state index contributed by atoms with van der Waals surface area (Å²) in [7, 11) is -3.76. The largest absolute Gasteiger partial charge is 0.481 e. The molecule has 0 aliphatic carbocycles. The molecule has 0 spiro atoms. The average Bonchev–Trinajstić information content (AvgIpc) is 2.14. The molecule has 16 heavy (non-hydrogen) atoms. The van der Waals surface area contributed by atoms with E-state index in [0.29, 0.717) is 0 Å². The zero-order valence-electron chi connectivity index (χ0n) is 7.98. The predicted molar refractivity (Wildman–Crippen MR) is 60.8 cm³/mol. The van der Waals surface area contributed by atoms with Crippen LogP contribution in [-0.4, -0.2) is 25.2 Å². The predicted octanol–water partition coefficient (Wildman–Crippen LogP) is 2.24. The van der Waals surface area contributed by atoms with Crippen molar-refractivity contribution in [2.45, 2.75) is 11.3 Å². The first-order chi connectivity index (χ1) is 7.34. The van der Waals surface area contributed by atoms with Crippen molar-refractivity contribution in [2.24, 2.45) is 0 Å². The summed E-state index contributed by atoms with van der Waals surface area (Å²) in [6.07, 6.45) is -0.482. The van der Waals surface area contributed by atoms with Gasteiger partial charge >= 0.3 is 5.97 Å². The molecular weight excluding hydrogens is 275 g/mol. The molecule has 0 bridgehead atoms. The topological polar surface area (TPSA) is 71.4 Å². The molecule has 4 nitrogen and oxygen atoms in total. The van der Waals surface area contributed by atoms with E-state index in [1.54, 1.807) is 0 Å². The van der Waals surface area contributed by atoms with E-state index < -0.39 is 28.0 Å². The second-order valence-corrected chi connectivity index (χ2v) is 5.87. The minimum absolute atomic E-state index is 0.00195. The van der Waals surface area contributed by atoms with E-state index in [2.05, 4.69) is 0 Å². The number of carbonyl (C=O) groups is 1. The Morgan fingerprint density at radius 1 is 1.25 bits per heavy atom. The lowest BCUT2D eigenvalue weighted by Crippen LogP contribution is -2.12. The fourth-order valence-corrected chi connectivity index (χ4v) is 3.58. The van der Waals surface area contributed by atoms with Gasteiger partial charge in [-0.05, 0) is 12.1 Å². The molecule has 0 saturated carbocycles. The monoisotopic (exact) mass is 282 g/mol. The van der Waals surface area contributed by atoms with Gasteiger partial charge in [0.25, 0.3) is 0 Å². The molecule has 0 unspecified atom stereocenters. The lowest BCUT2D eigenvalue weighted by molar-refractivity contribution is -0.136. The van der Waals surface area contributed by atoms with Crippen molar-refractivity contribution >= 4 is 39.0 Å². The highest BCUT2D eigenvalue weighted by atomic mass is 35.5. The maximum atomic E-state index is 11.7. The summed E-state index contributed by atoms with van der Waals surface area (Å²) in [6, 6.07) is 4.29. The van der Waals surface area contributed by atoms with Crippen molar-refractivity contribution in [1.29, 1.82) is 0 Å². The van der Waals surface area contributed by atoms with Crippen LogP contribution in [0.25, 0.3) is 0 Å². The van der Waals surface area contributed by atoms with Gasteiger partial charge < -0.3 is 5.11 Å². The number of carboxylic acid groups (broad SMARTS) is 1. The zero-order valence-corrected chi connectivity index (χ0v) is 10.3. The van der Waals surface area contributed by atoms with Crippen LogP contribution in [0, 0.1) is 0 Å². The van der Waals surface area contributed by atoms with Gasteiger partial charge in [-0.15, -0.1) is 0 Å². The fourth-order valence-electron chi connectivity index (χ4n) is 1.10. The molecule has 0 amide bonds. The van der Waals surface area contributed by atoms with Crippen LogP contribution in [0.5, 0.6) is 0 Å². The molecule has 1 aromatic rings. The molecule has 1 N–H and O–H groups in total. The third-order valence-corrected chi connectivity index (χ3v) is 4.47. The Balaban J connectivity index is 3.12. The van der Waals surface area contributed by atoms with Crippen LogP contribution in [-0.2, 0) is 14.6 Å². The van der Waals surface area contributed by atoms with Gasteiger partial charge in [0.05, 0.1) is 22.2 Å². The summed E-state index contributed by atoms with van der Waals surface area (Å²) in [5.41, 5.74) is 0. The molecular formula is C9H8Cl2O4S. The Morgan fingerprint density at radius 3 is 2.19 bits per heavy atom. The lowest BCUT2D eigenvalue weighted by Gasteiger charge is -2.06. The summed E-state index contributed by atoms with van der Waals surface area (Å²) in [4.78, 5) is 10.1. The number of hydrogen-bond donors (Lipinski definition) is 1. The first kappa shape index (κ1) is 13.3. The second kappa shape index (κ2) is 5.03. The van der Waals surface area contributed by atoms with Crippen LogP contribution in [0.4, 0.5) is 0 Å². The molecule has 0 aliphatic heterocycles. The highest BCUT2D eigenvalue weighted by Gasteiger charge is 2.22. The molecule has 0 fully saturated rings. The highest BCUT2D eigenvalue weighted by molar-refractivity contribution is 7.91. The molecule has 7 heteroatoms. The van der Waals surface area contributed by atoms with E-state index in [0.717, 1.165) is 0 Å². The van der Waals surface area contributed by atoms with Gasteiger partial charge in [-0.25, -0.2) is 8.42 Å². The second-order valence-electron chi connectivity index (χ2n) is 3.01. The van der Waals surface area contributed by atoms with Crippen molar-refractivity contribution in [3.63, 3.8) is 0 Å². The maximum absolute atomic E-state index is 11.7. The van der Waals surface area contributed by atoms with Gasteiger partial charge in [-0.3, -0.25) is 4.79 Å². The van der Waals surface area contributed by atoms with Crippen LogP contribution in [0.2, 0.25) is 10.0 Å². The molecule has 0 heterocycles. The van der Waals surface area contributed by atoms with Crippen molar-refractivity contribution in [1.82, 2.24) is 0 Å². The summed E-state index contributed by atoms with van der Waals surface area (Å²) in [6.45, 7) is 0. The van der Waals surface area contributed by atoms with Gasteiger partial charge in [0, 0.05) is 0 Å². The minimum Gasteiger partial charge on any atom is -0.481 e. The molecule has 0 aliphatic rings. The molecule has 0 aromatic heterocycles. The van der Waals surface area contributed by atoms with E-state index in [4.69, 9.17) is 28.3 Å². The Hall–Kier alpha value is -0.780. The number of rotatable bonds is 4. The lowest BCUT2D eigenvalue weighted by atomic mass is 10.4. The van der Waals surface area contributed by atoms with E-state index in [1.165, 1.54) is 18.2 Å². The summed E-state index contributed by atoms with van der Waals surface area (Å²) in [5.74, 6) is -1.71. The number of hydrogen-bond acceptors (Lipinski definition) is 3.